The molecule has 1 aromatic heterocycles. The molecule has 2 fully saturated rings. The molecule has 11 nitrogen and oxygen atoms in total. The highest BCUT2D eigenvalue weighted by atomic mass is 16.5. The first-order valence-electron chi connectivity index (χ1n) is 14.0. The Morgan fingerprint density at radius 3 is 2.57 bits per heavy atom. The third kappa shape index (κ3) is 6.40. The Hall–Kier alpha value is -4.80. The number of rotatable bonds is 4. The molecule has 3 aromatic rings. The number of carbonyl (C=O) groups excluding carboxylic acids is 3. The number of fused-ring (bicyclic) bond motifs is 7. The van der Waals surface area contributed by atoms with E-state index in [1.54, 1.807) is 43.3 Å². The molecule has 7 rings (SSSR count). The summed E-state index contributed by atoms with van der Waals surface area (Å²) in [7, 11) is 0. The first-order valence-corrected chi connectivity index (χ1v) is 14.0. The second kappa shape index (κ2) is 11.6. The predicted molar refractivity (Wildman–Crippen MR) is 152 cm³/mol. The van der Waals surface area contributed by atoms with Crippen molar-refractivity contribution in [3.05, 3.63) is 87.3 Å². The summed E-state index contributed by atoms with van der Waals surface area (Å²) in [5, 5.41) is 5.84. The van der Waals surface area contributed by atoms with Gasteiger partial charge in [0.05, 0.1) is 19.2 Å². The van der Waals surface area contributed by atoms with Crippen LogP contribution in [-0.2, 0) is 11.3 Å². The molecule has 1 aliphatic carbocycles. The van der Waals surface area contributed by atoms with Crippen molar-refractivity contribution in [1.29, 1.82) is 0 Å². The zero-order valence-corrected chi connectivity index (χ0v) is 23.2. The SMILES string of the molecule is Cc1ccc(C(=O)N2C[C@@H]3NC(=O)c4cc(cc(OCC5CC5)c4)OCC(=O)NCc4ccc(cc4)O[C@H]3C2)c(=O)[nH]1. The van der Waals surface area contributed by atoms with Gasteiger partial charge in [-0.3, -0.25) is 19.2 Å². The molecule has 11 heteroatoms. The Morgan fingerprint density at radius 1 is 1.00 bits per heavy atom. The molecular weight excluding hydrogens is 540 g/mol. The van der Waals surface area contributed by atoms with Crippen LogP contribution in [0, 0.1) is 12.8 Å². The van der Waals surface area contributed by atoms with E-state index in [1.807, 2.05) is 12.1 Å². The summed E-state index contributed by atoms with van der Waals surface area (Å²) < 4.78 is 17.9. The van der Waals surface area contributed by atoms with Crippen LogP contribution in [0.15, 0.2) is 59.4 Å². The summed E-state index contributed by atoms with van der Waals surface area (Å²) in [5.74, 6) is 0.675. The number of aryl methyl sites for hydroxylation is 1. The topological polar surface area (TPSA) is 139 Å². The van der Waals surface area contributed by atoms with Crippen LogP contribution in [0.2, 0.25) is 0 Å². The van der Waals surface area contributed by atoms with E-state index in [2.05, 4.69) is 15.6 Å². The standard InChI is InChI=1S/C31H32N4O7/c1-18-2-9-25(30(38)33-18)31(39)35-14-26-27(15-35)42-22-7-5-19(6-8-22)13-32-28(36)17-41-24-11-21(29(37)34-26)10-23(12-24)40-16-20-3-4-20/h2,5-12,20,26-27H,3-4,13-17H2,1H3,(H,32,36)(H,33,38)(H,34,37)/t26-,27-/m0/s1. The van der Waals surface area contributed by atoms with Gasteiger partial charge in [0.2, 0.25) is 0 Å². The highest BCUT2D eigenvalue weighted by Crippen LogP contribution is 2.31. The average molecular weight is 573 g/mol. The highest BCUT2D eigenvalue weighted by molar-refractivity contribution is 5.96. The molecule has 0 spiro atoms. The van der Waals surface area contributed by atoms with E-state index >= 15 is 0 Å². The van der Waals surface area contributed by atoms with Crippen molar-refractivity contribution >= 4 is 17.7 Å². The van der Waals surface area contributed by atoms with Crippen LogP contribution < -0.4 is 30.4 Å². The number of aromatic amines is 1. The number of H-pyrrole nitrogens is 1. The molecule has 0 radical (unpaired) electrons. The van der Waals surface area contributed by atoms with Gasteiger partial charge in [0, 0.05) is 30.4 Å². The lowest BCUT2D eigenvalue weighted by Gasteiger charge is -2.21. The van der Waals surface area contributed by atoms with E-state index in [1.165, 1.54) is 11.0 Å². The van der Waals surface area contributed by atoms with Gasteiger partial charge in [-0.25, -0.2) is 0 Å². The molecule has 42 heavy (non-hydrogen) atoms. The summed E-state index contributed by atoms with van der Waals surface area (Å²) in [6.07, 6.45) is 1.63. The van der Waals surface area contributed by atoms with Crippen molar-refractivity contribution in [2.75, 3.05) is 26.3 Å². The zero-order chi connectivity index (χ0) is 29.2. The van der Waals surface area contributed by atoms with Crippen molar-refractivity contribution in [2.45, 2.75) is 38.5 Å². The first kappa shape index (κ1) is 27.4. The highest BCUT2D eigenvalue weighted by Gasteiger charge is 2.39. The fourth-order valence-electron chi connectivity index (χ4n) is 4.99. The Kier molecular flexibility index (Phi) is 7.56. The number of benzene rings is 2. The molecule has 0 unspecified atom stereocenters. The van der Waals surface area contributed by atoms with Crippen molar-refractivity contribution < 1.29 is 28.6 Å². The number of nitrogens with one attached hydrogen (secondary N) is 3. The molecule has 4 bridgehead atoms. The van der Waals surface area contributed by atoms with Gasteiger partial charge in [-0.05, 0) is 67.6 Å². The molecule has 4 heterocycles. The number of likely N-dealkylation sites (tertiary alicyclic amines) is 1. The van der Waals surface area contributed by atoms with Crippen molar-refractivity contribution in [2.24, 2.45) is 5.92 Å². The molecule has 2 atom stereocenters. The van der Waals surface area contributed by atoms with Gasteiger partial charge < -0.3 is 34.7 Å². The Balaban J connectivity index is 1.29. The predicted octanol–water partition coefficient (Wildman–Crippen LogP) is 2.18. The number of carbonyl (C=O) groups is 3. The molecule has 3 amide bonds. The molecule has 1 saturated heterocycles. The lowest BCUT2D eigenvalue weighted by Crippen LogP contribution is -2.45. The van der Waals surface area contributed by atoms with Crippen LogP contribution in [-0.4, -0.2) is 66.1 Å². The normalized spacial score (nSPS) is 20.5. The van der Waals surface area contributed by atoms with Crippen LogP contribution in [0.4, 0.5) is 0 Å². The largest absolute Gasteiger partial charge is 0.493 e. The second-order valence-corrected chi connectivity index (χ2v) is 11.0. The van der Waals surface area contributed by atoms with Gasteiger partial charge in [0.15, 0.2) is 6.61 Å². The molecule has 3 N–H and O–H groups in total. The summed E-state index contributed by atoms with van der Waals surface area (Å²) in [5.41, 5.74) is 1.35. The minimum atomic E-state index is -0.589. The number of hydrogen-bond donors (Lipinski definition) is 3. The molecule has 4 aliphatic rings. The number of pyridine rings is 1. The van der Waals surface area contributed by atoms with E-state index in [-0.39, 0.29) is 36.7 Å². The van der Waals surface area contributed by atoms with Crippen LogP contribution in [0.1, 0.15) is 44.8 Å². The lowest BCUT2D eigenvalue weighted by molar-refractivity contribution is -0.123. The van der Waals surface area contributed by atoms with Crippen LogP contribution >= 0.6 is 0 Å². The third-order valence-corrected chi connectivity index (χ3v) is 7.55. The Bertz CT molecular complexity index is 1560. The van der Waals surface area contributed by atoms with Gasteiger partial charge in [0.25, 0.3) is 23.3 Å². The number of aromatic nitrogens is 1. The van der Waals surface area contributed by atoms with Gasteiger partial charge in [0.1, 0.15) is 28.9 Å². The lowest BCUT2D eigenvalue weighted by atomic mass is 10.1. The Morgan fingerprint density at radius 2 is 1.81 bits per heavy atom. The van der Waals surface area contributed by atoms with E-state index in [4.69, 9.17) is 14.2 Å². The average Bonchev–Trinajstić information content (AvgIpc) is 3.73. The monoisotopic (exact) mass is 572 g/mol. The van der Waals surface area contributed by atoms with Gasteiger partial charge in [-0.15, -0.1) is 0 Å². The minimum Gasteiger partial charge on any atom is -0.493 e. The van der Waals surface area contributed by atoms with E-state index in [0.29, 0.717) is 42.0 Å². The second-order valence-electron chi connectivity index (χ2n) is 11.0. The van der Waals surface area contributed by atoms with E-state index in [0.717, 1.165) is 18.4 Å². The minimum absolute atomic E-state index is 0.0227. The molecule has 3 aliphatic heterocycles. The summed E-state index contributed by atoms with van der Waals surface area (Å²) in [6, 6.07) is 14.7. The fourth-order valence-corrected chi connectivity index (χ4v) is 4.99. The van der Waals surface area contributed by atoms with Crippen LogP contribution in [0.3, 0.4) is 0 Å². The zero-order valence-electron chi connectivity index (χ0n) is 23.2. The van der Waals surface area contributed by atoms with Crippen LogP contribution in [0.5, 0.6) is 17.2 Å². The number of nitrogens with zero attached hydrogens (tertiary/aromatic N) is 1. The first-order chi connectivity index (χ1) is 20.3. The van der Waals surface area contributed by atoms with E-state index in [9.17, 15) is 19.2 Å². The number of amides is 3. The van der Waals surface area contributed by atoms with Crippen molar-refractivity contribution in [3.63, 3.8) is 0 Å². The molecule has 1 saturated carbocycles. The molecule has 218 valence electrons. The van der Waals surface area contributed by atoms with Crippen LogP contribution in [0.25, 0.3) is 0 Å². The Labute approximate surface area is 242 Å². The quantitative estimate of drug-likeness (QED) is 0.436. The van der Waals surface area contributed by atoms with Gasteiger partial charge in [-0.1, -0.05) is 12.1 Å². The molecular formula is C31H32N4O7. The van der Waals surface area contributed by atoms with Crippen molar-refractivity contribution in [3.8, 4) is 17.2 Å². The van der Waals surface area contributed by atoms with Gasteiger partial charge >= 0.3 is 0 Å². The van der Waals surface area contributed by atoms with Crippen molar-refractivity contribution in [1.82, 2.24) is 20.5 Å². The third-order valence-electron chi connectivity index (χ3n) is 7.55. The fraction of sp³-hybridized carbons (Fsp3) is 0.355. The maximum absolute atomic E-state index is 13.6. The molecule has 2 aromatic carbocycles. The van der Waals surface area contributed by atoms with E-state index < -0.39 is 29.5 Å². The maximum Gasteiger partial charge on any atom is 0.260 e. The maximum atomic E-state index is 13.6. The summed E-state index contributed by atoms with van der Waals surface area (Å²) in [6.45, 7) is 2.65. The number of ether oxygens (including phenoxy) is 3. The summed E-state index contributed by atoms with van der Waals surface area (Å²) in [4.78, 5) is 56.1. The smallest absolute Gasteiger partial charge is 0.260 e. The summed E-state index contributed by atoms with van der Waals surface area (Å²) >= 11 is 0. The number of hydrogen-bond acceptors (Lipinski definition) is 7. The van der Waals surface area contributed by atoms with Gasteiger partial charge in [-0.2, -0.15) is 0 Å².